The molecule has 2 aromatic carbocycles. The van der Waals surface area contributed by atoms with Crippen molar-refractivity contribution in [3.8, 4) is 17.6 Å². The molecule has 0 aliphatic rings. The second kappa shape index (κ2) is 14.1. The number of carbonyl (C=O) groups excluding carboxylic acids is 1. The van der Waals surface area contributed by atoms with Crippen LogP contribution >= 0.6 is 0 Å². The van der Waals surface area contributed by atoms with Crippen LogP contribution in [-0.2, 0) is 9.53 Å². The molecule has 0 heterocycles. The monoisotopic (exact) mass is 464 g/mol. The van der Waals surface area contributed by atoms with Crippen molar-refractivity contribution in [2.24, 2.45) is 5.41 Å². The molecule has 0 amide bonds. The second-order valence-corrected chi connectivity index (χ2v) is 9.00. The van der Waals surface area contributed by atoms with Gasteiger partial charge in [-0.2, -0.15) is 0 Å². The van der Waals surface area contributed by atoms with Crippen LogP contribution in [0.15, 0.2) is 48.5 Å². The quantitative estimate of drug-likeness (QED) is 0.209. The van der Waals surface area contributed by atoms with Gasteiger partial charge in [-0.25, -0.2) is 4.79 Å². The maximum atomic E-state index is 11.9. The number of carboxylic acids is 1. The zero-order chi connectivity index (χ0) is 24.8. The van der Waals surface area contributed by atoms with Gasteiger partial charge in [-0.15, -0.1) is 0 Å². The molecule has 0 saturated carbocycles. The molecule has 0 unspecified atom stereocenters. The van der Waals surface area contributed by atoms with Crippen molar-refractivity contribution in [1.29, 1.82) is 0 Å². The average molecular weight is 465 g/mol. The molecule has 2 aromatic rings. The second-order valence-electron chi connectivity index (χ2n) is 9.00. The van der Waals surface area contributed by atoms with E-state index in [0.29, 0.717) is 13.2 Å². The van der Waals surface area contributed by atoms with Crippen molar-refractivity contribution in [2.45, 2.75) is 65.7 Å². The molecule has 0 saturated heterocycles. The Morgan fingerprint density at radius 1 is 0.794 bits per heavy atom. The highest BCUT2D eigenvalue weighted by Gasteiger charge is 2.26. The number of hydrogen-bond donors (Lipinski definition) is 1. The van der Waals surface area contributed by atoms with Crippen LogP contribution in [0.1, 0.15) is 87.2 Å². The SMILES string of the molecule is CCC(C)(C)C(=O)OCCCCCCCCOc1ccc(C#Cc2ccc(C(=O)O)cc2)cc1. The lowest BCUT2D eigenvalue weighted by Gasteiger charge is -2.20. The third-order valence-electron chi connectivity index (χ3n) is 5.81. The van der Waals surface area contributed by atoms with Crippen LogP contribution in [0, 0.1) is 17.3 Å². The number of hydrogen-bond acceptors (Lipinski definition) is 4. The molecular weight excluding hydrogens is 428 g/mol. The number of carboxylic acid groups (broad SMARTS) is 1. The van der Waals surface area contributed by atoms with Gasteiger partial charge in [0.1, 0.15) is 5.75 Å². The first-order chi connectivity index (χ1) is 16.3. The van der Waals surface area contributed by atoms with E-state index in [1.165, 1.54) is 0 Å². The number of esters is 1. The lowest BCUT2D eigenvalue weighted by molar-refractivity contribution is -0.154. The van der Waals surface area contributed by atoms with Crippen LogP contribution in [0.25, 0.3) is 0 Å². The van der Waals surface area contributed by atoms with E-state index in [0.717, 1.165) is 61.8 Å². The van der Waals surface area contributed by atoms with Gasteiger partial charge >= 0.3 is 11.9 Å². The standard InChI is InChI=1S/C29H36O5/c1-4-29(2,3)28(32)34-22-10-8-6-5-7-9-21-33-26-19-15-24(16-20-26)12-11-23-13-17-25(18-14-23)27(30)31/h13-20H,4-10,21-22H2,1-3H3,(H,30,31). The number of rotatable bonds is 13. The van der Waals surface area contributed by atoms with Crippen molar-refractivity contribution in [3.63, 3.8) is 0 Å². The molecule has 0 spiro atoms. The number of aromatic carboxylic acids is 1. The Labute approximate surface area is 203 Å². The van der Waals surface area contributed by atoms with E-state index < -0.39 is 5.97 Å². The highest BCUT2D eigenvalue weighted by atomic mass is 16.5. The average Bonchev–Trinajstić information content (AvgIpc) is 2.84. The van der Waals surface area contributed by atoms with E-state index in [1.54, 1.807) is 24.3 Å². The van der Waals surface area contributed by atoms with Crippen molar-refractivity contribution < 1.29 is 24.2 Å². The van der Waals surface area contributed by atoms with Gasteiger partial charge in [0.15, 0.2) is 0 Å². The van der Waals surface area contributed by atoms with Crippen molar-refractivity contribution in [2.75, 3.05) is 13.2 Å². The summed E-state index contributed by atoms with van der Waals surface area (Å²) in [4.78, 5) is 22.8. The van der Waals surface area contributed by atoms with Crippen LogP contribution < -0.4 is 4.74 Å². The van der Waals surface area contributed by atoms with Gasteiger partial charge < -0.3 is 14.6 Å². The summed E-state index contributed by atoms with van der Waals surface area (Å²) in [5.74, 6) is 5.90. The molecule has 5 nitrogen and oxygen atoms in total. The van der Waals surface area contributed by atoms with Crippen molar-refractivity contribution in [1.82, 2.24) is 0 Å². The minimum Gasteiger partial charge on any atom is -0.494 e. The molecule has 2 rings (SSSR count). The molecule has 1 N–H and O–H groups in total. The minimum absolute atomic E-state index is 0.0977. The van der Waals surface area contributed by atoms with E-state index in [-0.39, 0.29) is 16.9 Å². The summed E-state index contributed by atoms with van der Waals surface area (Å²) in [6.45, 7) is 7.05. The lowest BCUT2D eigenvalue weighted by Crippen LogP contribution is -2.26. The molecule has 0 radical (unpaired) electrons. The fourth-order valence-corrected chi connectivity index (χ4v) is 3.08. The Hall–Kier alpha value is -3.26. The van der Waals surface area contributed by atoms with Gasteiger partial charge in [0.05, 0.1) is 24.2 Å². The number of carbonyl (C=O) groups is 2. The predicted octanol–water partition coefficient (Wildman–Crippen LogP) is 6.48. The Balaban J connectivity index is 1.56. The maximum absolute atomic E-state index is 11.9. The van der Waals surface area contributed by atoms with Gasteiger partial charge in [0.25, 0.3) is 0 Å². The van der Waals surface area contributed by atoms with Crippen LogP contribution in [0.2, 0.25) is 0 Å². The predicted molar refractivity (Wildman–Crippen MR) is 134 cm³/mol. The minimum atomic E-state index is -0.943. The molecule has 0 fully saturated rings. The number of benzene rings is 2. The lowest BCUT2D eigenvalue weighted by atomic mass is 9.91. The molecule has 0 aromatic heterocycles. The van der Waals surface area contributed by atoms with E-state index in [1.807, 2.05) is 45.0 Å². The van der Waals surface area contributed by atoms with E-state index in [4.69, 9.17) is 14.6 Å². The molecule has 0 aliphatic carbocycles. The summed E-state index contributed by atoms with van der Waals surface area (Å²) >= 11 is 0. The Bertz CT molecular complexity index is 962. The molecule has 0 atom stereocenters. The van der Waals surface area contributed by atoms with Crippen molar-refractivity contribution >= 4 is 11.9 Å². The molecule has 182 valence electrons. The summed E-state index contributed by atoms with van der Waals surface area (Å²) < 4.78 is 11.2. The maximum Gasteiger partial charge on any atom is 0.335 e. The highest BCUT2D eigenvalue weighted by Crippen LogP contribution is 2.21. The van der Waals surface area contributed by atoms with Gasteiger partial charge in [0, 0.05) is 11.1 Å². The van der Waals surface area contributed by atoms with Gasteiger partial charge in [0.2, 0.25) is 0 Å². The van der Waals surface area contributed by atoms with Crippen LogP contribution in [-0.4, -0.2) is 30.3 Å². The number of unbranched alkanes of at least 4 members (excludes halogenated alkanes) is 5. The van der Waals surface area contributed by atoms with Crippen LogP contribution in [0.4, 0.5) is 0 Å². The third kappa shape index (κ3) is 9.70. The fraction of sp³-hybridized carbons (Fsp3) is 0.448. The summed E-state index contributed by atoms with van der Waals surface area (Å²) in [6, 6.07) is 14.2. The molecule has 0 aliphatic heterocycles. The Kier molecular flexibility index (Phi) is 11.2. The summed E-state index contributed by atoms with van der Waals surface area (Å²) in [6.07, 6.45) is 7.21. The zero-order valence-electron chi connectivity index (χ0n) is 20.6. The van der Waals surface area contributed by atoms with Crippen molar-refractivity contribution in [3.05, 3.63) is 65.2 Å². The largest absolute Gasteiger partial charge is 0.494 e. The van der Waals surface area contributed by atoms with Crippen LogP contribution in [0.5, 0.6) is 5.75 Å². The van der Waals surface area contributed by atoms with Gasteiger partial charge in [-0.1, -0.05) is 44.4 Å². The van der Waals surface area contributed by atoms with E-state index in [9.17, 15) is 9.59 Å². The zero-order valence-corrected chi connectivity index (χ0v) is 20.6. The Morgan fingerprint density at radius 3 is 1.82 bits per heavy atom. The smallest absolute Gasteiger partial charge is 0.335 e. The third-order valence-corrected chi connectivity index (χ3v) is 5.81. The first-order valence-electron chi connectivity index (χ1n) is 12.1. The van der Waals surface area contributed by atoms with Crippen LogP contribution in [0.3, 0.4) is 0 Å². The van der Waals surface area contributed by atoms with Gasteiger partial charge in [-0.05, 0) is 81.6 Å². The number of ether oxygens (including phenoxy) is 2. The molecule has 5 heteroatoms. The van der Waals surface area contributed by atoms with E-state index >= 15 is 0 Å². The van der Waals surface area contributed by atoms with E-state index in [2.05, 4.69) is 11.8 Å². The Morgan fingerprint density at radius 2 is 1.29 bits per heavy atom. The summed E-state index contributed by atoms with van der Waals surface area (Å²) in [5.41, 5.74) is 1.51. The summed E-state index contributed by atoms with van der Waals surface area (Å²) in [5, 5.41) is 8.93. The summed E-state index contributed by atoms with van der Waals surface area (Å²) in [7, 11) is 0. The first-order valence-corrected chi connectivity index (χ1v) is 12.1. The highest BCUT2D eigenvalue weighted by molar-refractivity contribution is 5.87. The van der Waals surface area contributed by atoms with Gasteiger partial charge in [-0.3, -0.25) is 4.79 Å². The molecule has 34 heavy (non-hydrogen) atoms. The molecule has 0 bridgehead atoms. The molecular formula is C29H36O5. The topological polar surface area (TPSA) is 72.8 Å². The first kappa shape index (κ1) is 27.0. The normalized spacial score (nSPS) is 10.8. The fourth-order valence-electron chi connectivity index (χ4n) is 3.08.